The maximum Gasteiger partial charge on any atom is 0.597 e. The van der Waals surface area contributed by atoms with Gasteiger partial charge in [0.15, 0.2) is 5.42 Å². The smallest absolute Gasteiger partial charge is 0.250 e. The third kappa shape index (κ3) is 1.84. The highest BCUT2D eigenvalue weighted by molar-refractivity contribution is 7.36. The Kier molecular flexibility index (Phi) is 3.02. The summed E-state index contributed by atoms with van der Waals surface area (Å²) in [5, 5.41) is 2.57. The molecule has 0 aliphatic rings. The minimum atomic E-state index is -1.80. The van der Waals surface area contributed by atoms with E-state index in [4.69, 9.17) is 4.20 Å². The van der Waals surface area contributed by atoms with E-state index in [0.29, 0.717) is 5.42 Å². The molecule has 0 N–H and O–H groups in total. The van der Waals surface area contributed by atoms with Crippen LogP contribution in [-0.2, 0) is 4.57 Å². The largest absolute Gasteiger partial charge is 0.597 e. The fourth-order valence-corrected chi connectivity index (χ4v) is 2.58. The van der Waals surface area contributed by atoms with E-state index in [0.717, 1.165) is 15.7 Å². The van der Waals surface area contributed by atoms with Gasteiger partial charge < -0.3 is 0 Å². The van der Waals surface area contributed by atoms with Crippen molar-refractivity contribution in [2.75, 3.05) is 0 Å². The highest BCUT2D eigenvalue weighted by Gasteiger charge is 2.12. The molecule has 1 aromatic heterocycles. The van der Waals surface area contributed by atoms with Gasteiger partial charge in [0.05, 0.1) is 0 Å². The van der Waals surface area contributed by atoms with E-state index in [1.807, 2.05) is 49.4 Å². The average Bonchev–Trinajstić information content (AvgIpc) is 2.29. The highest BCUT2D eigenvalue weighted by atomic mass is 31.1. The van der Waals surface area contributed by atoms with Crippen LogP contribution in [0.2, 0.25) is 0 Å². The average molecular weight is 231 g/mol. The Morgan fingerprint density at radius 2 is 2.12 bits per heavy atom. The molecule has 0 saturated heterocycles. The van der Waals surface area contributed by atoms with Crippen molar-refractivity contribution in [2.45, 2.75) is 6.92 Å². The molecule has 0 bridgehead atoms. The summed E-state index contributed by atoms with van der Waals surface area (Å²) in [5.74, 6) is 0. The summed E-state index contributed by atoms with van der Waals surface area (Å²) in [6, 6.07) is 7.54. The number of fused-ring (bicyclic) bond motifs is 1. The van der Waals surface area contributed by atoms with Crippen LogP contribution in [0.25, 0.3) is 23.2 Å². The number of benzene rings is 1. The molecule has 0 aliphatic carbocycles. The van der Waals surface area contributed by atoms with Gasteiger partial charge in [0, 0.05) is 10.6 Å². The van der Waals surface area contributed by atoms with Gasteiger partial charge >= 0.3 is 7.65 Å². The summed E-state index contributed by atoms with van der Waals surface area (Å²) in [5.41, 5.74) is 0.470. The van der Waals surface area contributed by atoms with Crippen molar-refractivity contribution in [1.29, 1.82) is 0 Å². The van der Waals surface area contributed by atoms with Crippen LogP contribution in [0, 0.1) is 0 Å². The monoisotopic (exact) mass is 231 g/mol. The molecular formula is C13H12O2P+. The van der Waals surface area contributed by atoms with E-state index in [1.165, 1.54) is 0 Å². The Balaban J connectivity index is 3.05. The Bertz CT molecular complexity index is 711. The van der Waals surface area contributed by atoms with Gasteiger partial charge in [0.1, 0.15) is 0 Å². The van der Waals surface area contributed by atoms with Gasteiger partial charge in [-0.15, -0.1) is 0 Å². The molecule has 1 aromatic carbocycles. The molecule has 3 heteroatoms. The molecule has 1 atom stereocenters. The first-order valence-corrected chi connectivity index (χ1v) is 6.18. The minimum Gasteiger partial charge on any atom is -0.250 e. The van der Waals surface area contributed by atoms with Crippen LogP contribution in [0.5, 0.6) is 0 Å². The Morgan fingerprint density at radius 1 is 1.38 bits per heavy atom. The van der Waals surface area contributed by atoms with Crippen LogP contribution in [0.3, 0.4) is 0 Å². The normalized spacial score (nSPS) is 13.8. The van der Waals surface area contributed by atoms with Crippen LogP contribution in [0.4, 0.5) is 0 Å². The van der Waals surface area contributed by atoms with Crippen LogP contribution >= 0.6 is 7.65 Å². The fourth-order valence-electron chi connectivity index (χ4n) is 1.58. The zero-order valence-electron chi connectivity index (χ0n) is 9.01. The number of hydrogen-bond donors (Lipinski definition) is 0. The van der Waals surface area contributed by atoms with Gasteiger partial charge in [-0.05, 0) is 30.2 Å². The molecule has 0 radical (unpaired) electrons. The van der Waals surface area contributed by atoms with Gasteiger partial charge in [-0.3, -0.25) is 4.20 Å². The van der Waals surface area contributed by atoms with Crippen LogP contribution in [0.15, 0.2) is 40.6 Å². The number of hydrogen-bond acceptors (Lipinski definition) is 2. The Hall–Kier alpha value is -1.66. The predicted octanol–water partition coefficient (Wildman–Crippen LogP) is 2.94. The van der Waals surface area contributed by atoms with Crippen molar-refractivity contribution in [3.05, 3.63) is 47.1 Å². The standard InChI is InChI=1S/C13H12O2P/c1-3-4-7-11-10(2)15-16(14)13-9-6-5-8-12(11)13/h3-9H,2H2,1H3/q+1/b4-3-,11-7+. The second-order valence-corrected chi connectivity index (χ2v) is 4.57. The molecule has 0 saturated carbocycles. The Labute approximate surface area is 94.1 Å². The van der Waals surface area contributed by atoms with E-state index in [-0.39, 0.29) is 0 Å². The van der Waals surface area contributed by atoms with Crippen molar-refractivity contribution in [1.82, 2.24) is 0 Å². The van der Waals surface area contributed by atoms with Gasteiger partial charge in [0.2, 0.25) is 5.12 Å². The van der Waals surface area contributed by atoms with E-state index >= 15 is 0 Å². The summed E-state index contributed by atoms with van der Waals surface area (Å²) in [7, 11) is -1.80. The SMILES string of the molecule is C=c1o[p+](=O)c2ccccc2/c1=C/C=C\C. The molecule has 2 aromatic rings. The lowest BCUT2D eigenvalue weighted by Gasteiger charge is -1.89. The summed E-state index contributed by atoms with van der Waals surface area (Å²) in [6.07, 6.45) is 5.76. The molecule has 1 heterocycles. The molecule has 2 rings (SSSR count). The lowest BCUT2D eigenvalue weighted by atomic mass is 10.2. The molecule has 0 amide bonds. The number of rotatable bonds is 1. The van der Waals surface area contributed by atoms with Crippen LogP contribution in [-0.4, -0.2) is 0 Å². The molecule has 16 heavy (non-hydrogen) atoms. The van der Waals surface area contributed by atoms with Gasteiger partial charge in [-0.25, -0.2) is 0 Å². The van der Waals surface area contributed by atoms with E-state index in [2.05, 4.69) is 6.58 Å². The number of allylic oxidation sites excluding steroid dienone is 2. The minimum absolute atomic E-state index is 0.470. The third-order valence-electron chi connectivity index (χ3n) is 2.34. The topological polar surface area (TPSA) is 30.2 Å². The second kappa shape index (κ2) is 4.46. The first kappa shape index (κ1) is 10.8. The van der Waals surface area contributed by atoms with Gasteiger partial charge in [-0.2, -0.15) is 0 Å². The summed E-state index contributed by atoms with van der Waals surface area (Å²) in [4.78, 5) is 0. The van der Waals surface area contributed by atoms with Crippen molar-refractivity contribution in [2.24, 2.45) is 0 Å². The third-order valence-corrected chi connectivity index (χ3v) is 3.51. The van der Waals surface area contributed by atoms with Crippen molar-refractivity contribution in [3.8, 4) is 0 Å². The highest BCUT2D eigenvalue weighted by Crippen LogP contribution is 2.22. The first-order chi connectivity index (χ1) is 7.74. The van der Waals surface area contributed by atoms with Gasteiger partial charge in [-0.1, -0.05) is 30.4 Å². The summed E-state index contributed by atoms with van der Waals surface area (Å²) in [6.45, 7) is 5.73. The second-order valence-electron chi connectivity index (χ2n) is 3.39. The molecule has 0 spiro atoms. The molecule has 0 aliphatic heterocycles. The maximum absolute atomic E-state index is 11.7. The zero-order valence-corrected chi connectivity index (χ0v) is 9.91. The molecule has 80 valence electrons. The fraction of sp³-hybridized carbons (Fsp3) is 0.0769. The lowest BCUT2D eigenvalue weighted by molar-refractivity contribution is 0.537. The zero-order chi connectivity index (χ0) is 11.5. The van der Waals surface area contributed by atoms with E-state index in [9.17, 15) is 4.57 Å². The Morgan fingerprint density at radius 3 is 2.88 bits per heavy atom. The lowest BCUT2D eigenvalue weighted by Crippen LogP contribution is -2.22. The molecule has 1 unspecified atom stereocenters. The maximum atomic E-state index is 11.7. The van der Waals surface area contributed by atoms with E-state index < -0.39 is 7.65 Å². The van der Waals surface area contributed by atoms with E-state index in [1.54, 1.807) is 0 Å². The van der Waals surface area contributed by atoms with Crippen molar-refractivity contribution >= 4 is 30.8 Å². The van der Waals surface area contributed by atoms with Crippen molar-refractivity contribution < 1.29 is 8.76 Å². The predicted molar refractivity (Wildman–Crippen MR) is 67.9 cm³/mol. The summed E-state index contributed by atoms with van der Waals surface area (Å²) >= 11 is 0. The first-order valence-electron chi connectivity index (χ1n) is 5.01. The molecule has 0 fully saturated rings. The molecular weight excluding hydrogens is 219 g/mol. The summed E-state index contributed by atoms with van der Waals surface area (Å²) < 4.78 is 17.0. The quantitative estimate of drug-likeness (QED) is 0.755. The van der Waals surface area contributed by atoms with Crippen LogP contribution in [0.1, 0.15) is 6.92 Å². The van der Waals surface area contributed by atoms with Crippen molar-refractivity contribution in [3.63, 3.8) is 0 Å². The van der Waals surface area contributed by atoms with Crippen LogP contribution < -0.4 is 10.6 Å². The van der Waals surface area contributed by atoms with Gasteiger partial charge in [0.25, 0.3) is 0 Å². The molecule has 2 nitrogen and oxygen atoms in total.